The van der Waals surface area contributed by atoms with E-state index in [9.17, 15) is 9.59 Å². The minimum Gasteiger partial charge on any atom is -0.462 e. The second kappa shape index (κ2) is 8.15. The van der Waals surface area contributed by atoms with E-state index in [1.54, 1.807) is 0 Å². The second-order valence-electron chi connectivity index (χ2n) is 11.6. The summed E-state index contributed by atoms with van der Waals surface area (Å²) in [5.74, 6) is 2.69. The highest BCUT2D eigenvalue weighted by molar-refractivity contribution is 5.79. The number of ether oxygens (including phenoxy) is 1. The third kappa shape index (κ3) is 3.56. The van der Waals surface area contributed by atoms with Crippen LogP contribution in [0.1, 0.15) is 77.7 Å². The van der Waals surface area contributed by atoms with E-state index in [1.165, 1.54) is 24.8 Å². The van der Waals surface area contributed by atoms with E-state index in [0.29, 0.717) is 30.0 Å². The molecule has 3 heteroatoms. The number of esters is 1. The molecule has 1 aromatic carbocycles. The number of allylic oxidation sites excluding steroid dienone is 1. The van der Waals surface area contributed by atoms with Crippen molar-refractivity contribution in [1.29, 1.82) is 0 Å². The number of hydrogen-bond donors (Lipinski definition) is 0. The van der Waals surface area contributed by atoms with Crippen molar-refractivity contribution < 1.29 is 14.3 Å². The van der Waals surface area contributed by atoms with E-state index in [-0.39, 0.29) is 28.8 Å². The molecule has 172 valence electrons. The monoisotopic (exact) mass is 434 g/mol. The number of Topliss-reactive ketones (excluding diaryl/α,β-unsaturated/α-hetero) is 1. The van der Waals surface area contributed by atoms with Crippen LogP contribution in [0.25, 0.3) is 0 Å². The van der Waals surface area contributed by atoms with Gasteiger partial charge in [0, 0.05) is 12.3 Å². The Morgan fingerprint density at radius 1 is 1.00 bits per heavy atom. The fraction of sp³-hybridized carbons (Fsp3) is 0.655. The third-order valence-corrected chi connectivity index (χ3v) is 10.0. The second-order valence-corrected chi connectivity index (χ2v) is 11.6. The molecule has 0 aromatic heterocycles. The van der Waals surface area contributed by atoms with Crippen molar-refractivity contribution >= 4 is 11.8 Å². The summed E-state index contributed by atoms with van der Waals surface area (Å²) in [5.41, 5.74) is 3.00. The molecule has 4 aliphatic carbocycles. The molecule has 5 rings (SSSR count). The van der Waals surface area contributed by atoms with Crippen molar-refractivity contribution in [2.24, 2.45) is 34.5 Å². The summed E-state index contributed by atoms with van der Waals surface area (Å²) < 4.78 is 5.93. The van der Waals surface area contributed by atoms with Crippen LogP contribution in [0.2, 0.25) is 0 Å². The summed E-state index contributed by atoms with van der Waals surface area (Å²) >= 11 is 0. The van der Waals surface area contributed by atoms with Gasteiger partial charge in [-0.3, -0.25) is 9.59 Å². The number of rotatable bonds is 4. The first-order valence-electron chi connectivity index (χ1n) is 12.7. The maximum absolute atomic E-state index is 12.5. The van der Waals surface area contributed by atoms with Gasteiger partial charge in [0.15, 0.2) is 0 Å². The van der Waals surface area contributed by atoms with Crippen molar-refractivity contribution in [3.05, 3.63) is 47.5 Å². The van der Waals surface area contributed by atoms with E-state index in [2.05, 4.69) is 19.9 Å². The van der Waals surface area contributed by atoms with E-state index in [4.69, 9.17) is 4.74 Å². The Bertz CT molecular complexity index is 918. The zero-order valence-corrected chi connectivity index (χ0v) is 19.9. The molecule has 3 nitrogen and oxygen atoms in total. The van der Waals surface area contributed by atoms with Crippen LogP contribution in [0.15, 0.2) is 42.0 Å². The molecule has 0 aliphatic heterocycles. The normalized spacial score (nSPS) is 40.5. The average Bonchev–Trinajstić information content (AvgIpc) is 3.12. The number of carbonyl (C=O) groups excluding carboxylic acids is 2. The van der Waals surface area contributed by atoms with Crippen molar-refractivity contribution in [1.82, 2.24) is 0 Å². The van der Waals surface area contributed by atoms with E-state index in [1.807, 2.05) is 37.3 Å². The van der Waals surface area contributed by atoms with E-state index >= 15 is 0 Å². The lowest BCUT2D eigenvalue weighted by Crippen LogP contribution is -2.51. The van der Waals surface area contributed by atoms with Crippen molar-refractivity contribution in [2.75, 3.05) is 0 Å². The fourth-order valence-electron chi connectivity index (χ4n) is 8.39. The summed E-state index contributed by atoms with van der Waals surface area (Å²) in [7, 11) is 0. The van der Waals surface area contributed by atoms with Gasteiger partial charge >= 0.3 is 5.97 Å². The number of benzene rings is 1. The lowest BCUT2D eigenvalue weighted by molar-refractivity contribution is -0.150. The van der Waals surface area contributed by atoms with Crippen LogP contribution >= 0.6 is 0 Å². The molecule has 0 saturated heterocycles. The van der Waals surface area contributed by atoms with Crippen LogP contribution < -0.4 is 0 Å². The van der Waals surface area contributed by atoms with Gasteiger partial charge in [-0.25, -0.2) is 0 Å². The highest BCUT2D eigenvalue weighted by atomic mass is 16.5. The molecule has 7 atom stereocenters. The standard InChI is InChI=1S/C29H38O3/c1-19(30)24-11-12-25-23-10-9-21-18-22(32-27(31)17-20-7-5-4-6-8-20)13-15-28(21,2)26(23)14-16-29(24,25)3/h4-9,22-26H,10-18H2,1-3H3/t22-,23-,24+,25-,26-,28-,29+/m0/s1. The Balaban J connectivity index is 1.28. The van der Waals surface area contributed by atoms with Gasteiger partial charge in [0.05, 0.1) is 6.42 Å². The van der Waals surface area contributed by atoms with Crippen molar-refractivity contribution in [3.8, 4) is 0 Å². The smallest absolute Gasteiger partial charge is 0.310 e. The first-order valence-corrected chi connectivity index (χ1v) is 12.7. The molecule has 32 heavy (non-hydrogen) atoms. The quantitative estimate of drug-likeness (QED) is 0.412. The van der Waals surface area contributed by atoms with Crippen LogP contribution in [0.5, 0.6) is 0 Å². The zero-order valence-electron chi connectivity index (χ0n) is 19.9. The summed E-state index contributed by atoms with van der Waals surface area (Å²) in [6.07, 6.45) is 11.8. The van der Waals surface area contributed by atoms with Gasteiger partial charge in [0.2, 0.25) is 0 Å². The molecule has 0 radical (unpaired) electrons. The van der Waals surface area contributed by atoms with Gasteiger partial charge in [0.25, 0.3) is 0 Å². The van der Waals surface area contributed by atoms with Gasteiger partial charge in [-0.2, -0.15) is 0 Å². The topological polar surface area (TPSA) is 43.4 Å². The maximum Gasteiger partial charge on any atom is 0.310 e. The highest BCUT2D eigenvalue weighted by Gasteiger charge is 2.59. The molecule has 3 saturated carbocycles. The molecular weight excluding hydrogens is 396 g/mol. The maximum atomic E-state index is 12.5. The van der Waals surface area contributed by atoms with Crippen LogP contribution in [0, 0.1) is 34.5 Å². The van der Waals surface area contributed by atoms with Gasteiger partial charge in [-0.1, -0.05) is 55.8 Å². The lowest BCUT2D eigenvalue weighted by atomic mass is 9.47. The Hall–Kier alpha value is -1.90. The predicted molar refractivity (Wildman–Crippen MR) is 126 cm³/mol. The van der Waals surface area contributed by atoms with Gasteiger partial charge < -0.3 is 4.74 Å². The summed E-state index contributed by atoms with van der Waals surface area (Å²) in [6, 6.07) is 9.88. The van der Waals surface area contributed by atoms with Gasteiger partial charge in [-0.05, 0) is 86.0 Å². The Kier molecular flexibility index (Phi) is 5.58. The van der Waals surface area contributed by atoms with Crippen LogP contribution in [-0.2, 0) is 20.7 Å². The first kappa shape index (κ1) is 21.9. The average molecular weight is 435 g/mol. The molecule has 1 aromatic rings. The molecule has 3 fully saturated rings. The largest absolute Gasteiger partial charge is 0.462 e. The molecular formula is C29H38O3. The van der Waals surface area contributed by atoms with Gasteiger partial charge in [0.1, 0.15) is 11.9 Å². The Morgan fingerprint density at radius 3 is 2.53 bits per heavy atom. The summed E-state index contributed by atoms with van der Waals surface area (Å²) in [4.78, 5) is 24.9. The van der Waals surface area contributed by atoms with Crippen molar-refractivity contribution in [3.63, 3.8) is 0 Å². The SMILES string of the molecule is CC(=O)[C@H]1CC[C@H]2[C@@H]3CC=C4C[C@@H](OC(=O)Cc5ccccc5)CC[C@]4(C)[C@H]3CC[C@]12C. The molecule has 0 bridgehead atoms. The molecule has 4 aliphatic rings. The predicted octanol–water partition coefficient (Wildman–Crippen LogP) is 6.31. The summed E-state index contributed by atoms with van der Waals surface area (Å²) in [5, 5.41) is 0. The summed E-state index contributed by atoms with van der Waals surface area (Å²) in [6.45, 7) is 6.71. The molecule has 0 spiro atoms. The van der Waals surface area contributed by atoms with E-state index < -0.39 is 0 Å². The van der Waals surface area contributed by atoms with Gasteiger partial charge in [-0.15, -0.1) is 0 Å². The molecule has 0 unspecified atom stereocenters. The number of ketones is 1. The molecule has 0 amide bonds. The number of fused-ring (bicyclic) bond motifs is 5. The molecule has 0 heterocycles. The first-order chi connectivity index (χ1) is 15.3. The number of carbonyl (C=O) groups is 2. The van der Waals surface area contributed by atoms with Crippen LogP contribution in [0.3, 0.4) is 0 Å². The minimum atomic E-state index is -0.103. The third-order valence-electron chi connectivity index (χ3n) is 10.0. The lowest BCUT2D eigenvalue weighted by Gasteiger charge is -2.58. The molecule has 0 N–H and O–H groups in total. The minimum absolute atomic E-state index is 0.0181. The van der Waals surface area contributed by atoms with E-state index in [0.717, 1.165) is 37.7 Å². The zero-order chi connectivity index (χ0) is 22.5. The van der Waals surface area contributed by atoms with Crippen LogP contribution in [0.4, 0.5) is 0 Å². The van der Waals surface area contributed by atoms with Crippen LogP contribution in [-0.4, -0.2) is 17.9 Å². The Morgan fingerprint density at radius 2 is 1.78 bits per heavy atom. The Labute approximate surface area is 193 Å². The highest BCUT2D eigenvalue weighted by Crippen LogP contribution is 2.66. The number of hydrogen-bond acceptors (Lipinski definition) is 3. The fourth-order valence-corrected chi connectivity index (χ4v) is 8.39. The van der Waals surface area contributed by atoms with Crippen molar-refractivity contribution in [2.45, 2.75) is 84.7 Å².